The van der Waals surface area contributed by atoms with Gasteiger partial charge in [-0.3, -0.25) is 4.99 Å². The highest BCUT2D eigenvalue weighted by Gasteiger charge is 2.07. The van der Waals surface area contributed by atoms with E-state index in [2.05, 4.69) is 34.4 Å². The van der Waals surface area contributed by atoms with Crippen LogP contribution in [-0.4, -0.2) is 50.1 Å². The van der Waals surface area contributed by atoms with Crippen LogP contribution in [0.4, 0.5) is 0 Å². The lowest BCUT2D eigenvalue weighted by Gasteiger charge is -2.19. The number of aliphatic imine (C=N–C) groups is 1. The molecule has 4 heteroatoms. The van der Waals surface area contributed by atoms with Crippen LogP contribution in [0, 0.1) is 0 Å². The van der Waals surface area contributed by atoms with Crippen LogP contribution in [0.25, 0.3) is 0 Å². The Bertz CT molecular complexity index is 245. The molecule has 0 saturated carbocycles. The van der Waals surface area contributed by atoms with Crippen LogP contribution in [0.1, 0.15) is 58.8 Å². The van der Waals surface area contributed by atoms with Gasteiger partial charge in [0, 0.05) is 19.6 Å². The van der Waals surface area contributed by atoms with Crippen molar-refractivity contribution in [3.05, 3.63) is 0 Å². The van der Waals surface area contributed by atoms with Gasteiger partial charge in [-0.1, -0.05) is 26.2 Å². The van der Waals surface area contributed by atoms with Gasteiger partial charge in [0.2, 0.25) is 0 Å². The van der Waals surface area contributed by atoms with Crippen LogP contribution in [0.5, 0.6) is 0 Å². The molecular weight excluding hydrogens is 248 g/mol. The zero-order valence-electron chi connectivity index (χ0n) is 13.6. The SMILES string of the molecule is CCCCNC(=NCCCN1CCCCCC1)NCC. The van der Waals surface area contributed by atoms with Crippen LogP contribution in [-0.2, 0) is 0 Å². The van der Waals surface area contributed by atoms with Crippen molar-refractivity contribution in [1.29, 1.82) is 0 Å². The minimum absolute atomic E-state index is 0.929. The predicted molar refractivity (Wildman–Crippen MR) is 88.4 cm³/mol. The Hall–Kier alpha value is -0.770. The normalized spacial score (nSPS) is 17.8. The van der Waals surface area contributed by atoms with E-state index in [9.17, 15) is 0 Å². The lowest BCUT2D eigenvalue weighted by atomic mass is 10.2. The first-order chi connectivity index (χ1) is 9.86. The van der Waals surface area contributed by atoms with Crippen molar-refractivity contribution in [2.45, 2.75) is 58.8 Å². The molecule has 0 radical (unpaired) electrons. The molecule has 0 aliphatic carbocycles. The van der Waals surface area contributed by atoms with Crippen molar-refractivity contribution < 1.29 is 0 Å². The number of hydrogen-bond acceptors (Lipinski definition) is 2. The minimum atomic E-state index is 0.929. The average molecular weight is 282 g/mol. The Balaban J connectivity index is 2.17. The smallest absolute Gasteiger partial charge is 0.191 e. The van der Waals surface area contributed by atoms with Gasteiger partial charge in [-0.2, -0.15) is 0 Å². The highest BCUT2D eigenvalue weighted by atomic mass is 15.2. The fourth-order valence-electron chi connectivity index (χ4n) is 2.57. The Labute approximate surface area is 125 Å². The summed E-state index contributed by atoms with van der Waals surface area (Å²) in [6.07, 6.45) is 9.19. The van der Waals surface area contributed by atoms with Gasteiger partial charge in [0.05, 0.1) is 0 Å². The first-order valence-electron chi connectivity index (χ1n) is 8.61. The van der Waals surface area contributed by atoms with Crippen molar-refractivity contribution in [3.63, 3.8) is 0 Å². The van der Waals surface area contributed by atoms with Crippen molar-refractivity contribution in [2.75, 3.05) is 39.3 Å². The van der Waals surface area contributed by atoms with E-state index in [0.717, 1.165) is 25.6 Å². The van der Waals surface area contributed by atoms with Crippen LogP contribution in [0.15, 0.2) is 4.99 Å². The lowest BCUT2D eigenvalue weighted by molar-refractivity contribution is 0.283. The van der Waals surface area contributed by atoms with E-state index in [1.165, 1.54) is 64.6 Å². The number of guanidine groups is 1. The van der Waals surface area contributed by atoms with E-state index in [4.69, 9.17) is 0 Å². The van der Waals surface area contributed by atoms with E-state index in [1.807, 2.05) is 0 Å². The molecule has 1 aliphatic heterocycles. The summed E-state index contributed by atoms with van der Waals surface area (Å²) < 4.78 is 0. The molecule has 20 heavy (non-hydrogen) atoms. The highest BCUT2D eigenvalue weighted by molar-refractivity contribution is 5.79. The Morgan fingerprint density at radius 2 is 1.75 bits per heavy atom. The average Bonchev–Trinajstić information content (AvgIpc) is 2.72. The predicted octanol–water partition coefficient (Wildman–Crippen LogP) is 2.61. The van der Waals surface area contributed by atoms with Crippen LogP contribution < -0.4 is 10.6 Å². The second-order valence-corrected chi connectivity index (χ2v) is 5.65. The van der Waals surface area contributed by atoms with Gasteiger partial charge >= 0.3 is 0 Å². The second kappa shape index (κ2) is 12.0. The molecule has 118 valence electrons. The maximum atomic E-state index is 4.66. The molecule has 2 N–H and O–H groups in total. The molecule has 4 nitrogen and oxygen atoms in total. The zero-order valence-corrected chi connectivity index (χ0v) is 13.6. The summed E-state index contributed by atoms with van der Waals surface area (Å²) in [5, 5.41) is 6.71. The molecule has 0 aromatic carbocycles. The van der Waals surface area contributed by atoms with Gasteiger partial charge < -0.3 is 15.5 Å². The Morgan fingerprint density at radius 1 is 1.00 bits per heavy atom. The van der Waals surface area contributed by atoms with Crippen molar-refractivity contribution in [3.8, 4) is 0 Å². The minimum Gasteiger partial charge on any atom is -0.357 e. The van der Waals surface area contributed by atoms with Crippen molar-refractivity contribution in [1.82, 2.24) is 15.5 Å². The molecule has 0 atom stereocenters. The van der Waals surface area contributed by atoms with Crippen LogP contribution in [0.3, 0.4) is 0 Å². The number of rotatable bonds is 8. The van der Waals surface area contributed by atoms with E-state index < -0.39 is 0 Å². The van der Waals surface area contributed by atoms with Gasteiger partial charge in [-0.15, -0.1) is 0 Å². The molecule has 0 aromatic heterocycles. The number of nitrogens with zero attached hydrogens (tertiary/aromatic N) is 2. The molecule has 0 bridgehead atoms. The molecule has 0 spiro atoms. The first kappa shape index (κ1) is 17.3. The molecule has 1 rings (SSSR count). The van der Waals surface area contributed by atoms with E-state index in [-0.39, 0.29) is 0 Å². The second-order valence-electron chi connectivity index (χ2n) is 5.65. The molecule has 1 fully saturated rings. The largest absolute Gasteiger partial charge is 0.357 e. The molecule has 1 aliphatic rings. The number of unbranched alkanes of at least 4 members (excludes halogenated alkanes) is 1. The standard InChI is InChI=1S/C16H34N4/c1-3-5-11-18-16(17-4-2)19-12-10-15-20-13-8-6-7-9-14-20/h3-15H2,1-2H3,(H2,17,18,19). The summed E-state index contributed by atoms with van der Waals surface area (Å²) in [6.45, 7) is 11.0. The van der Waals surface area contributed by atoms with Gasteiger partial charge in [-0.25, -0.2) is 0 Å². The number of hydrogen-bond donors (Lipinski definition) is 2. The fraction of sp³-hybridized carbons (Fsp3) is 0.938. The van der Waals surface area contributed by atoms with E-state index in [0.29, 0.717) is 0 Å². The topological polar surface area (TPSA) is 39.7 Å². The first-order valence-corrected chi connectivity index (χ1v) is 8.61. The van der Waals surface area contributed by atoms with E-state index >= 15 is 0 Å². The maximum Gasteiger partial charge on any atom is 0.191 e. The van der Waals surface area contributed by atoms with Crippen molar-refractivity contribution in [2.24, 2.45) is 4.99 Å². The molecule has 1 heterocycles. The summed E-state index contributed by atoms with van der Waals surface area (Å²) in [5.74, 6) is 0.983. The summed E-state index contributed by atoms with van der Waals surface area (Å²) in [7, 11) is 0. The fourth-order valence-corrected chi connectivity index (χ4v) is 2.57. The number of likely N-dealkylation sites (tertiary alicyclic amines) is 1. The lowest BCUT2D eigenvalue weighted by Crippen LogP contribution is -2.38. The van der Waals surface area contributed by atoms with E-state index in [1.54, 1.807) is 0 Å². The Morgan fingerprint density at radius 3 is 2.40 bits per heavy atom. The molecule has 0 unspecified atom stereocenters. The third-order valence-electron chi connectivity index (χ3n) is 3.77. The van der Waals surface area contributed by atoms with Gasteiger partial charge in [0.1, 0.15) is 0 Å². The zero-order chi connectivity index (χ0) is 14.5. The molecule has 0 aromatic rings. The molecule has 0 amide bonds. The van der Waals surface area contributed by atoms with Crippen LogP contribution in [0.2, 0.25) is 0 Å². The summed E-state index contributed by atoms with van der Waals surface area (Å²) >= 11 is 0. The summed E-state index contributed by atoms with van der Waals surface area (Å²) in [6, 6.07) is 0. The number of nitrogens with one attached hydrogen (secondary N) is 2. The quantitative estimate of drug-likeness (QED) is 0.408. The van der Waals surface area contributed by atoms with Crippen molar-refractivity contribution >= 4 is 5.96 Å². The third kappa shape index (κ3) is 8.41. The Kier molecular flexibility index (Phi) is 10.4. The van der Waals surface area contributed by atoms with Crippen LogP contribution >= 0.6 is 0 Å². The molecule has 1 saturated heterocycles. The molecular formula is C16H34N4. The summed E-state index contributed by atoms with van der Waals surface area (Å²) in [5.41, 5.74) is 0. The van der Waals surface area contributed by atoms with Gasteiger partial charge in [0.15, 0.2) is 5.96 Å². The highest BCUT2D eigenvalue weighted by Crippen LogP contribution is 2.09. The summed E-state index contributed by atoms with van der Waals surface area (Å²) in [4.78, 5) is 7.27. The monoisotopic (exact) mass is 282 g/mol. The van der Waals surface area contributed by atoms with Gasteiger partial charge in [-0.05, 0) is 52.2 Å². The third-order valence-corrected chi connectivity index (χ3v) is 3.77. The van der Waals surface area contributed by atoms with Gasteiger partial charge in [0.25, 0.3) is 0 Å². The maximum absolute atomic E-state index is 4.66.